The van der Waals surface area contributed by atoms with Gasteiger partial charge in [-0.25, -0.2) is 9.78 Å². The Labute approximate surface area is 189 Å². The number of thiophene rings is 1. The predicted octanol–water partition coefficient (Wildman–Crippen LogP) is 5.13. The van der Waals surface area contributed by atoms with Gasteiger partial charge in [0.05, 0.1) is 18.9 Å². The Hall–Kier alpha value is -1.83. The number of aromatic nitrogens is 1. The number of hydrogen-bond donors (Lipinski definition) is 1. The molecule has 7 rings (SSSR count). The van der Waals surface area contributed by atoms with Crippen LogP contribution >= 0.6 is 22.7 Å². The number of ketones is 1. The van der Waals surface area contributed by atoms with Gasteiger partial charge in [-0.3, -0.25) is 4.79 Å². The van der Waals surface area contributed by atoms with Gasteiger partial charge >= 0.3 is 5.97 Å². The molecule has 0 saturated heterocycles. The fourth-order valence-electron chi connectivity index (χ4n) is 5.65. The Morgan fingerprint density at radius 3 is 2.48 bits per heavy atom. The second-order valence-corrected chi connectivity index (χ2v) is 11.3. The van der Waals surface area contributed by atoms with Crippen molar-refractivity contribution in [3.63, 3.8) is 0 Å². The van der Waals surface area contributed by atoms with Crippen molar-refractivity contribution in [2.24, 2.45) is 11.8 Å². The summed E-state index contributed by atoms with van der Waals surface area (Å²) in [4.78, 5) is 32.7. The van der Waals surface area contributed by atoms with E-state index in [0.29, 0.717) is 30.3 Å². The van der Waals surface area contributed by atoms with Crippen molar-refractivity contribution in [3.05, 3.63) is 37.5 Å². The van der Waals surface area contributed by atoms with Gasteiger partial charge in [-0.05, 0) is 62.3 Å². The number of thiazole rings is 1. The van der Waals surface area contributed by atoms with Crippen LogP contribution in [0.3, 0.4) is 0 Å². The number of carboxylic acid groups (broad SMARTS) is 1. The number of carbonyl (C=O) groups is 2. The van der Waals surface area contributed by atoms with E-state index in [9.17, 15) is 14.7 Å². The fraction of sp³-hybridized carbons (Fsp3) is 0.542. The van der Waals surface area contributed by atoms with Crippen LogP contribution in [0.4, 0.5) is 0 Å². The number of carboxylic acids is 1. The van der Waals surface area contributed by atoms with Crippen molar-refractivity contribution < 1.29 is 19.4 Å². The van der Waals surface area contributed by atoms with Crippen molar-refractivity contribution in [3.8, 4) is 10.6 Å². The van der Waals surface area contributed by atoms with Crippen LogP contribution in [0.25, 0.3) is 10.6 Å². The number of hydrogen-bond acceptors (Lipinski definition) is 6. The molecule has 2 bridgehead atoms. The van der Waals surface area contributed by atoms with Crippen molar-refractivity contribution in [1.82, 2.24) is 4.98 Å². The van der Waals surface area contributed by atoms with Gasteiger partial charge < -0.3 is 9.84 Å². The van der Waals surface area contributed by atoms with Crippen LogP contribution in [0.1, 0.15) is 65.5 Å². The summed E-state index contributed by atoms with van der Waals surface area (Å²) in [6.07, 6.45) is 7.27. The summed E-state index contributed by atoms with van der Waals surface area (Å²) >= 11 is 3.34. The summed E-state index contributed by atoms with van der Waals surface area (Å²) in [7, 11) is 0. The fourth-order valence-corrected chi connectivity index (χ4v) is 8.01. The number of carbonyl (C=O) groups excluding carboxylic acids is 1. The molecule has 162 valence electrons. The first-order valence-electron chi connectivity index (χ1n) is 11.3. The molecule has 31 heavy (non-hydrogen) atoms. The highest BCUT2D eigenvalue weighted by molar-refractivity contribution is 7.15. The lowest BCUT2D eigenvalue weighted by Crippen LogP contribution is -2.34. The number of ether oxygens (including phenoxy) is 1. The topological polar surface area (TPSA) is 76.5 Å². The minimum absolute atomic E-state index is 0.00605. The third kappa shape index (κ3) is 3.41. The smallest absolute Gasteiger partial charge is 0.332 e. The lowest BCUT2D eigenvalue weighted by molar-refractivity contribution is -0.134. The van der Waals surface area contributed by atoms with E-state index in [0.717, 1.165) is 47.6 Å². The van der Waals surface area contributed by atoms with Gasteiger partial charge in [0.15, 0.2) is 5.78 Å². The number of fused-ring (bicyclic) bond motifs is 3. The van der Waals surface area contributed by atoms with Gasteiger partial charge in [0.2, 0.25) is 0 Å². The Kier molecular flexibility index (Phi) is 4.89. The standard InChI is InChI=1S/C24H25NO4S2/c26-17(20-13-3-5-14(6-4-13)21(20)24(27)28)9-18-22(15-7-8-29-10-19(15)31-18)23-25-16(11-30-23)12-1-2-12/h11-14H,1-10H2,(H,27,28). The first-order chi connectivity index (χ1) is 15.1. The van der Waals surface area contributed by atoms with Crippen LogP contribution in [0.5, 0.6) is 0 Å². The molecule has 0 atom stereocenters. The van der Waals surface area contributed by atoms with Gasteiger partial charge in [0.1, 0.15) is 5.01 Å². The van der Waals surface area contributed by atoms with Crippen LogP contribution in [-0.4, -0.2) is 28.4 Å². The first kappa shape index (κ1) is 19.8. The van der Waals surface area contributed by atoms with Crippen molar-refractivity contribution >= 4 is 34.4 Å². The summed E-state index contributed by atoms with van der Waals surface area (Å²) in [5.74, 6) is -0.122. The number of allylic oxidation sites excluding steroid dienone is 1. The number of Topliss-reactive ketones (excluding diaryl/α,β-unsaturated/α-hetero) is 1. The summed E-state index contributed by atoms with van der Waals surface area (Å²) in [6.45, 7) is 1.29. The Morgan fingerprint density at radius 1 is 1.06 bits per heavy atom. The van der Waals surface area contributed by atoms with E-state index in [2.05, 4.69) is 5.38 Å². The summed E-state index contributed by atoms with van der Waals surface area (Å²) < 4.78 is 5.69. The summed E-state index contributed by atoms with van der Waals surface area (Å²) in [5.41, 5.74) is 4.62. The molecule has 2 fully saturated rings. The monoisotopic (exact) mass is 455 g/mol. The highest BCUT2D eigenvalue weighted by atomic mass is 32.1. The van der Waals surface area contributed by atoms with Crippen LogP contribution in [0.2, 0.25) is 0 Å². The van der Waals surface area contributed by atoms with E-state index in [-0.39, 0.29) is 24.0 Å². The SMILES string of the molecule is O=C(O)C1=C(C(=O)Cc2sc3c(c2-c2nc(C4CC4)cs2)CCOC3)C2CCC1CC2. The van der Waals surface area contributed by atoms with Crippen molar-refractivity contribution in [2.75, 3.05) is 6.61 Å². The lowest BCUT2D eigenvalue weighted by atomic mass is 9.65. The maximum atomic E-state index is 13.5. The highest BCUT2D eigenvalue weighted by Crippen LogP contribution is 2.48. The quantitative estimate of drug-likeness (QED) is 0.653. The number of rotatable bonds is 6. The number of aliphatic carboxylic acids is 1. The largest absolute Gasteiger partial charge is 0.478 e. The molecule has 2 saturated carbocycles. The zero-order chi connectivity index (χ0) is 21.1. The normalized spacial score (nSPS) is 25.0. The molecule has 0 spiro atoms. The van der Waals surface area contributed by atoms with Gasteiger partial charge in [-0.15, -0.1) is 22.7 Å². The average Bonchev–Trinajstić information content (AvgIpc) is 3.41. The van der Waals surface area contributed by atoms with Crippen LogP contribution < -0.4 is 0 Å². The van der Waals surface area contributed by atoms with Crippen LogP contribution in [0.15, 0.2) is 16.5 Å². The third-order valence-corrected chi connectivity index (χ3v) is 9.39. The molecule has 2 aromatic rings. The first-order valence-corrected chi connectivity index (χ1v) is 13.0. The molecule has 7 heteroatoms. The Morgan fingerprint density at radius 2 is 1.77 bits per heavy atom. The summed E-state index contributed by atoms with van der Waals surface area (Å²) in [5, 5.41) is 13.0. The molecule has 5 nitrogen and oxygen atoms in total. The van der Waals surface area contributed by atoms with Gasteiger partial charge in [0, 0.05) is 44.2 Å². The highest BCUT2D eigenvalue weighted by Gasteiger charge is 2.41. The molecule has 0 aromatic carbocycles. The van der Waals surface area contributed by atoms with E-state index in [1.54, 1.807) is 22.7 Å². The minimum Gasteiger partial charge on any atom is -0.478 e. The molecule has 0 radical (unpaired) electrons. The molecule has 3 heterocycles. The molecule has 0 unspecified atom stereocenters. The molecular formula is C24H25NO4S2. The molecule has 1 N–H and O–H groups in total. The van der Waals surface area contributed by atoms with Gasteiger partial charge in [-0.2, -0.15) is 0 Å². The second kappa shape index (κ2) is 7.64. The Balaban J connectivity index is 1.39. The van der Waals surface area contributed by atoms with E-state index >= 15 is 0 Å². The lowest BCUT2D eigenvalue weighted by Gasteiger charge is -2.38. The molecule has 0 amide bonds. The molecule has 2 aromatic heterocycles. The number of nitrogens with zero attached hydrogens (tertiary/aromatic N) is 1. The van der Waals surface area contributed by atoms with Gasteiger partial charge in [0.25, 0.3) is 0 Å². The summed E-state index contributed by atoms with van der Waals surface area (Å²) in [6, 6.07) is 0. The second-order valence-electron chi connectivity index (χ2n) is 9.24. The van der Waals surface area contributed by atoms with Crippen LogP contribution in [-0.2, 0) is 33.8 Å². The van der Waals surface area contributed by atoms with E-state index in [1.165, 1.54) is 29.0 Å². The maximum absolute atomic E-state index is 13.5. The van der Waals surface area contributed by atoms with E-state index in [1.807, 2.05) is 0 Å². The van der Waals surface area contributed by atoms with Crippen molar-refractivity contribution in [2.45, 2.75) is 63.9 Å². The zero-order valence-corrected chi connectivity index (χ0v) is 18.9. The van der Waals surface area contributed by atoms with Crippen molar-refractivity contribution in [1.29, 1.82) is 0 Å². The third-order valence-electron chi connectivity index (χ3n) is 7.31. The van der Waals surface area contributed by atoms with E-state index in [4.69, 9.17) is 9.72 Å². The van der Waals surface area contributed by atoms with Crippen LogP contribution in [0, 0.1) is 11.8 Å². The maximum Gasteiger partial charge on any atom is 0.332 e. The molecule has 1 aliphatic heterocycles. The Bertz CT molecular complexity index is 1100. The molecule has 4 aliphatic carbocycles. The minimum atomic E-state index is -0.897. The van der Waals surface area contributed by atoms with Gasteiger partial charge in [-0.1, -0.05) is 0 Å². The zero-order valence-electron chi connectivity index (χ0n) is 17.3. The van der Waals surface area contributed by atoms with E-state index < -0.39 is 5.97 Å². The average molecular weight is 456 g/mol. The predicted molar refractivity (Wildman–Crippen MR) is 120 cm³/mol. The molecular weight excluding hydrogens is 430 g/mol. The molecule has 5 aliphatic rings.